The lowest BCUT2D eigenvalue weighted by molar-refractivity contribution is 0.579. The van der Waals surface area contributed by atoms with E-state index in [1.807, 2.05) is 18.4 Å². The standard InChI is InChI=1S/C16H10O/c1-4-8-14-11(5-1)9-15-13-7-3-2-6-12(13)10-17-16(14)15/h1-10H. The Kier molecular flexibility index (Phi) is 1.61. The highest BCUT2D eigenvalue weighted by Crippen LogP contribution is 2.38. The van der Waals surface area contributed by atoms with Crippen LogP contribution in [-0.2, 0) is 0 Å². The second-order valence-electron chi connectivity index (χ2n) is 4.30. The van der Waals surface area contributed by atoms with E-state index >= 15 is 0 Å². The molecule has 0 spiro atoms. The van der Waals surface area contributed by atoms with Gasteiger partial charge in [0.2, 0.25) is 0 Å². The van der Waals surface area contributed by atoms with Crippen molar-refractivity contribution in [1.29, 1.82) is 0 Å². The molecule has 0 N–H and O–H groups in total. The summed E-state index contributed by atoms with van der Waals surface area (Å²) in [5.41, 5.74) is 1.20. The molecule has 0 bridgehead atoms. The van der Waals surface area contributed by atoms with Crippen molar-refractivity contribution < 1.29 is 4.42 Å². The first kappa shape index (κ1) is 8.82. The minimum atomic E-state index is 0.985. The van der Waals surface area contributed by atoms with E-state index in [4.69, 9.17) is 4.42 Å². The number of hydrogen-bond donors (Lipinski definition) is 0. The van der Waals surface area contributed by atoms with Gasteiger partial charge in [0.05, 0.1) is 6.26 Å². The normalized spacial score (nSPS) is 11.5. The van der Waals surface area contributed by atoms with Crippen LogP contribution in [0.25, 0.3) is 32.9 Å². The zero-order chi connectivity index (χ0) is 11.2. The van der Waals surface area contributed by atoms with Crippen LogP contribution in [0.2, 0.25) is 0 Å². The van der Waals surface area contributed by atoms with E-state index in [9.17, 15) is 0 Å². The van der Waals surface area contributed by atoms with Gasteiger partial charge >= 0.3 is 0 Å². The topological polar surface area (TPSA) is 13.1 Å². The average molecular weight is 218 g/mol. The van der Waals surface area contributed by atoms with E-state index in [0.717, 1.165) is 11.1 Å². The summed E-state index contributed by atoms with van der Waals surface area (Å²) in [4.78, 5) is 0. The Bertz CT molecular complexity index is 795. The van der Waals surface area contributed by atoms with Gasteiger partial charge in [-0.2, -0.15) is 0 Å². The molecule has 0 radical (unpaired) electrons. The molecule has 0 saturated carbocycles. The van der Waals surface area contributed by atoms with Crippen molar-refractivity contribution in [2.75, 3.05) is 0 Å². The second-order valence-corrected chi connectivity index (χ2v) is 4.30. The van der Waals surface area contributed by atoms with Crippen molar-refractivity contribution in [1.82, 2.24) is 0 Å². The summed E-state index contributed by atoms with van der Waals surface area (Å²) in [5, 5.41) is 4.83. The minimum Gasteiger partial charge on any atom is -0.463 e. The Morgan fingerprint density at radius 2 is 1.41 bits per heavy atom. The highest BCUT2D eigenvalue weighted by atomic mass is 16.3. The molecule has 0 fully saturated rings. The maximum absolute atomic E-state index is 5.78. The summed E-state index contributed by atoms with van der Waals surface area (Å²) in [5.74, 6) is 0.985. The van der Waals surface area contributed by atoms with Crippen LogP contribution in [-0.4, -0.2) is 0 Å². The monoisotopic (exact) mass is 218 g/mol. The molecule has 0 amide bonds. The van der Waals surface area contributed by atoms with Crippen LogP contribution in [0.3, 0.4) is 0 Å². The predicted octanol–water partition coefficient (Wildman–Crippen LogP) is 4.69. The van der Waals surface area contributed by atoms with Gasteiger partial charge in [0.25, 0.3) is 0 Å². The summed E-state index contributed by atoms with van der Waals surface area (Å²) < 4.78 is 5.78. The molecular weight excluding hydrogens is 208 g/mol. The molecule has 0 unspecified atom stereocenters. The molecule has 17 heavy (non-hydrogen) atoms. The number of rotatable bonds is 0. The Morgan fingerprint density at radius 1 is 0.706 bits per heavy atom. The van der Waals surface area contributed by atoms with Gasteiger partial charge in [0.15, 0.2) is 0 Å². The van der Waals surface area contributed by atoms with Crippen LogP contribution >= 0.6 is 0 Å². The highest BCUT2D eigenvalue weighted by molar-refractivity contribution is 6.08. The number of benzene rings is 2. The van der Waals surface area contributed by atoms with E-state index in [-0.39, 0.29) is 0 Å². The van der Waals surface area contributed by atoms with Crippen LogP contribution in [0, 0.1) is 0 Å². The van der Waals surface area contributed by atoms with E-state index in [1.165, 1.54) is 21.7 Å². The molecular formula is C16H10O. The molecule has 80 valence electrons. The van der Waals surface area contributed by atoms with Crippen molar-refractivity contribution in [2.45, 2.75) is 0 Å². The fourth-order valence-electron chi connectivity index (χ4n) is 2.49. The third kappa shape index (κ3) is 1.14. The largest absolute Gasteiger partial charge is 0.463 e. The predicted molar refractivity (Wildman–Crippen MR) is 70.3 cm³/mol. The molecule has 1 heterocycles. The first-order valence-corrected chi connectivity index (χ1v) is 5.71. The Balaban J connectivity index is 2.28. The molecule has 0 atom stereocenters. The van der Waals surface area contributed by atoms with Gasteiger partial charge in [0, 0.05) is 16.3 Å². The summed E-state index contributed by atoms with van der Waals surface area (Å²) >= 11 is 0. The quantitative estimate of drug-likeness (QED) is 0.417. The Hall–Kier alpha value is -2.28. The lowest BCUT2D eigenvalue weighted by Gasteiger charge is -2.03. The lowest BCUT2D eigenvalue weighted by Crippen LogP contribution is -1.78. The number of fused-ring (bicyclic) bond motifs is 5. The van der Waals surface area contributed by atoms with Gasteiger partial charge in [-0.3, -0.25) is 0 Å². The molecule has 1 nitrogen and oxygen atoms in total. The van der Waals surface area contributed by atoms with E-state index in [0.29, 0.717) is 0 Å². The lowest BCUT2D eigenvalue weighted by atomic mass is 10.1. The molecule has 0 aromatic heterocycles. The van der Waals surface area contributed by atoms with Gasteiger partial charge < -0.3 is 4.42 Å². The van der Waals surface area contributed by atoms with Gasteiger partial charge in [-0.15, -0.1) is 0 Å². The van der Waals surface area contributed by atoms with Crippen molar-refractivity contribution >= 4 is 21.5 Å². The van der Waals surface area contributed by atoms with Crippen molar-refractivity contribution in [3.8, 4) is 11.3 Å². The maximum Gasteiger partial charge on any atom is 0.142 e. The van der Waals surface area contributed by atoms with E-state index in [2.05, 4.69) is 42.5 Å². The average Bonchev–Trinajstić information content (AvgIpc) is 2.78. The van der Waals surface area contributed by atoms with E-state index < -0.39 is 0 Å². The Labute approximate surface area is 98.6 Å². The Morgan fingerprint density at radius 3 is 2.29 bits per heavy atom. The smallest absolute Gasteiger partial charge is 0.142 e. The van der Waals surface area contributed by atoms with Crippen molar-refractivity contribution in [3.63, 3.8) is 0 Å². The van der Waals surface area contributed by atoms with Crippen LogP contribution < -0.4 is 0 Å². The molecule has 1 aliphatic carbocycles. The third-order valence-electron chi connectivity index (χ3n) is 3.30. The summed E-state index contributed by atoms with van der Waals surface area (Å²) in [7, 11) is 0. The molecule has 1 aliphatic heterocycles. The molecule has 2 aliphatic rings. The second kappa shape index (κ2) is 3.11. The van der Waals surface area contributed by atoms with Crippen LogP contribution in [0.15, 0.2) is 65.3 Å². The first-order chi connectivity index (χ1) is 8.43. The molecule has 0 saturated heterocycles. The van der Waals surface area contributed by atoms with Crippen LogP contribution in [0.1, 0.15) is 0 Å². The summed E-state index contributed by atoms with van der Waals surface area (Å²) in [6, 6.07) is 18.9. The highest BCUT2D eigenvalue weighted by Gasteiger charge is 2.14. The van der Waals surface area contributed by atoms with Gasteiger partial charge in [-0.25, -0.2) is 0 Å². The van der Waals surface area contributed by atoms with Crippen LogP contribution in [0.4, 0.5) is 0 Å². The first-order valence-electron chi connectivity index (χ1n) is 5.71. The zero-order valence-corrected chi connectivity index (χ0v) is 9.18. The fraction of sp³-hybridized carbons (Fsp3) is 0. The molecule has 2 aromatic carbocycles. The van der Waals surface area contributed by atoms with Gasteiger partial charge in [-0.05, 0) is 16.8 Å². The van der Waals surface area contributed by atoms with Crippen LogP contribution in [0.5, 0.6) is 0 Å². The molecule has 4 rings (SSSR count). The summed E-state index contributed by atoms with van der Waals surface area (Å²) in [6.45, 7) is 0. The zero-order valence-electron chi connectivity index (χ0n) is 9.18. The van der Waals surface area contributed by atoms with Crippen molar-refractivity contribution in [2.24, 2.45) is 0 Å². The van der Waals surface area contributed by atoms with Gasteiger partial charge in [-0.1, -0.05) is 48.5 Å². The minimum absolute atomic E-state index is 0.985. The third-order valence-corrected chi connectivity index (χ3v) is 3.30. The summed E-state index contributed by atoms with van der Waals surface area (Å²) in [6.07, 6.45) is 1.84. The SMILES string of the molecule is c1ccc2c3cc4ccccc4c-3occ2c1. The molecule has 1 heteroatoms. The maximum atomic E-state index is 5.78. The fourth-order valence-corrected chi connectivity index (χ4v) is 2.49. The van der Waals surface area contributed by atoms with E-state index in [1.54, 1.807) is 0 Å². The number of hydrogen-bond acceptors (Lipinski definition) is 1. The molecule has 2 aromatic rings. The van der Waals surface area contributed by atoms with Gasteiger partial charge in [0.1, 0.15) is 5.76 Å². The van der Waals surface area contributed by atoms with Crippen molar-refractivity contribution in [3.05, 3.63) is 60.9 Å².